The van der Waals surface area contributed by atoms with Gasteiger partial charge in [0.1, 0.15) is 42.4 Å². The Morgan fingerprint density at radius 2 is 0.826 bits per heavy atom. The molecule has 132 heavy (non-hydrogen) atoms. The van der Waals surface area contributed by atoms with Crippen molar-refractivity contribution in [1.29, 1.82) is 0 Å². The average molecular weight is 2140 g/mol. The molecular weight excluding hydrogens is 2000 g/mol. The van der Waals surface area contributed by atoms with E-state index in [-0.39, 0.29) is 42.1 Å². The molecule has 0 saturated carbocycles. The molecule has 0 N–H and O–H groups in total. The van der Waals surface area contributed by atoms with Crippen LogP contribution in [0.15, 0.2) is 302 Å². The summed E-state index contributed by atoms with van der Waals surface area (Å²) in [5.41, 5.74) is 4.53. The standard InChI is InChI=1S/C7H10N2.C7H6N2.4C6H5N3.C6H8N2.4C5H4N4.C5H5N3.12C2H6.2W/c2*1-2-5-9-6-4-8-7(9)3-1;1-3-9-4-2-8-6(9)5-7-1;1-2-7-5-9-4-3-8-6(1)9;1-2-7-6-8-3-5-9(6)4-1;1-2-6-7-4-5-9(6)8-3-1;1-2-4-8-5-3-7-6-8;1-3-9-4-2-7-8-5(9)6-1;1-2-9-4-6-3-8-5(9)7-1;1-2-9-4-8-7-3-5(9)6-1;1-2-8-9-4-3-7-5(9)6-1;1-2-7-8-4-3-6-5-8;12*1-2;;/h4,6H,1-3,5H2;1-6H;4*1-5H;3,5H,1-2,4H2;4*1-4H;2-4H,1H2;12*1-2H3;;/q;;;;;;-2;;;;;-2;;;;;;;;;;;;;2*+2. The predicted molar refractivity (Wildman–Crippen MR) is 523 cm³/mol. The second-order valence-corrected chi connectivity index (χ2v) is 20.8. The van der Waals surface area contributed by atoms with E-state index in [1.165, 1.54) is 48.8 Å². The van der Waals surface area contributed by atoms with E-state index in [4.69, 9.17) is 0 Å². The van der Waals surface area contributed by atoms with Crippen molar-refractivity contribution in [3.63, 3.8) is 0 Å². The normalized spacial score (nSPS) is 9.22. The van der Waals surface area contributed by atoms with Gasteiger partial charge >= 0.3 is 42.1 Å². The minimum atomic E-state index is 0. The third-order valence-electron chi connectivity index (χ3n) is 13.8. The molecule has 0 fully saturated rings. The number of aryl methyl sites for hydroxylation is 3. The van der Waals surface area contributed by atoms with Crippen LogP contribution in [0.1, 0.15) is 191 Å². The summed E-state index contributed by atoms with van der Waals surface area (Å²) < 4.78 is 21.9. The Morgan fingerprint density at radius 3 is 1.41 bits per heavy atom. The van der Waals surface area contributed by atoms with Gasteiger partial charge in [-0.2, -0.15) is 26.8 Å². The summed E-state index contributed by atoms with van der Waals surface area (Å²) in [6, 6.07) is 13.4. The van der Waals surface area contributed by atoms with Crippen molar-refractivity contribution in [2.75, 3.05) is 0 Å². The van der Waals surface area contributed by atoms with Crippen LogP contribution in [0.2, 0.25) is 0 Å². The first-order valence-corrected chi connectivity index (χ1v) is 44.1. The van der Waals surface area contributed by atoms with Gasteiger partial charge in [0.05, 0.1) is 37.2 Å². The Balaban J connectivity index is -0.000000662. The summed E-state index contributed by atoms with van der Waals surface area (Å²) in [4.78, 5) is 70.9. The van der Waals surface area contributed by atoms with Gasteiger partial charge in [0.25, 0.3) is 11.6 Å². The number of hydrogen-bond acceptors (Lipinski definition) is 25. The molecule has 1 aliphatic heterocycles. The number of nitrogens with zero attached hydrogens (tertiary/aromatic N) is 37. The number of imidazole rings is 12. The van der Waals surface area contributed by atoms with Crippen molar-refractivity contribution >= 4 is 57.6 Å². The molecule has 0 unspecified atom stereocenters. The molecule has 21 aromatic heterocycles. The molecule has 0 amide bonds. The third-order valence-corrected chi connectivity index (χ3v) is 13.8. The Hall–Kier alpha value is -14.1. The molecule has 0 aliphatic carbocycles. The molecule has 0 saturated heterocycles. The molecule has 22 heterocycles. The largest absolute Gasteiger partial charge is 2.00 e. The molecule has 0 bridgehead atoms. The molecule has 1 aliphatic rings. The maximum Gasteiger partial charge on any atom is 2.00 e. The monoisotopic (exact) mass is 2140 g/mol. The summed E-state index contributed by atoms with van der Waals surface area (Å²) >= 11 is 0. The van der Waals surface area contributed by atoms with Crippen LogP contribution in [0.25, 0.3) is 51.3 Å². The van der Waals surface area contributed by atoms with E-state index in [1.807, 2.05) is 305 Å². The van der Waals surface area contributed by atoms with Crippen LogP contribution in [-0.2, 0) is 61.6 Å². The minimum absolute atomic E-state index is 0. The van der Waals surface area contributed by atoms with Crippen LogP contribution in [0.3, 0.4) is 0 Å². The summed E-state index contributed by atoms with van der Waals surface area (Å²) in [5.74, 6) is 3.97. The van der Waals surface area contributed by atoms with Crippen molar-refractivity contribution in [2.45, 2.75) is 205 Å². The first-order valence-electron chi connectivity index (χ1n) is 44.1. The van der Waals surface area contributed by atoms with E-state index in [1.54, 1.807) is 190 Å². The second kappa shape index (κ2) is 87.6. The van der Waals surface area contributed by atoms with Crippen LogP contribution in [0.4, 0.5) is 0 Å². The van der Waals surface area contributed by atoms with Gasteiger partial charge in [-0.25, -0.2) is 88.9 Å². The van der Waals surface area contributed by atoms with Crippen molar-refractivity contribution < 1.29 is 42.1 Å². The molecule has 37 nitrogen and oxygen atoms in total. The van der Waals surface area contributed by atoms with Crippen molar-refractivity contribution in [3.05, 3.63) is 329 Å². The molecule has 0 atom stereocenters. The molecule has 21 aromatic rings. The smallest absolute Gasteiger partial charge is 0.456 e. The SMILES string of the molecule is CC.CC.CC.CC.CC.CC.CC.CC.CC.CC.CC.CC.[CH2-]C=Nn1[c-]ncc1.[CH2-]CCn1[c-]ncc1.[W+2].[W+2].c1cc2nccn2cn1.c1ccn2ccnc2c1.c1cn2c(n1)CCCC2.c1cn2ccnc2cn1.c1cn2ccnc2nn1.c1cn2cncnc2n1.c1cn2cnncc2n1.c1cnc2nccn2c1.c1cnn2ccnc2c1.c1cnn2ccnc2n1. The zero-order valence-electron chi connectivity index (χ0n) is 81.3. The van der Waals surface area contributed by atoms with Crippen molar-refractivity contribution in [2.24, 2.45) is 5.10 Å². The van der Waals surface area contributed by atoms with Gasteiger partial charge < -0.3 is 46.4 Å². The first-order chi connectivity index (χ1) is 64.5. The van der Waals surface area contributed by atoms with Gasteiger partial charge in [-0.1, -0.05) is 172 Å². The number of fused-ring (bicyclic) bond motifs is 10. The zero-order chi connectivity index (χ0) is 96.7. The van der Waals surface area contributed by atoms with Gasteiger partial charge in [0.15, 0.2) is 16.9 Å². The Morgan fingerprint density at radius 1 is 0.333 bits per heavy atom. The van der Waals surface area contributed by atoms with Gasteiger partial charge in [-0.05, 0) is 55.8 Å². The van der Waals surface area contributed by atoms with Gasteiger partial charge in [0, 0.05) is 193 Å². The molecule has 22 rings (SSSR count). The number of hydrogen-bond donors (Lipinski definition) is 0. The van der Waals surface area contributed by atoms with Gasteiger partial charge in [-0.15, -0.1) is 41.2 Å². The molecule has 0 radical (unpaired) electrons. The predicted octanol–water partition coefficient (Wildman–Crippen LogP) is 19.5. The van der Waals surface area contributed by atoms with Crippen LogP contribution in [0.5, 0.6) is 0 Å². The van der Waals surface area contributed by atoms with Crippen molar-refractivity contribution in [1.82, 2.24) is 174 Å². The fourth-order valence-corrected chi connectivity index (χ4v) is 8.93. The van der Waals surface area contributed by atoms with Crippen LogP contribution < -0.4 is 0 Å². The maximum absolute atomic E-state index is 4.22. The molecular formula is C93H137N37W2. The maximum atomic E-state index is 4.22. The topological polar surface area (TPSA) is 376 Å². The Labute approximate surface area is 807 Å². The average Bonchev–Trinajstić information content (AvgIpc) is 1.82. The summed E-state index contributed by atoms with van der Waals surface area (Å²) in [7, 11) is 0. The summed E-state index contributed by atoms with van der Waals surface area (Å²) in [6.07, 6.45) is 83.5. The summed E-state index contributed by atoms with van der Waals surface area (Å²) in [6.45, 7) is 57.2. The molecule has 706 valence electrons. The Bertz CT molecular complexity index is 4670. The number of rotatable bonds is 3. The number of aromatic nitrogens is 36. The Kier molecular flexibility index (Phi) is 82.4. The van der Waals surface area contributed by atoms with Crippen molar-refractivity contribution in [3.8, 4) is 0 Å². The van der Waals surface area contributed by atoms with E-state index < -0.39 is 0 Å². The van der Waals surface area contributed by atoms with E-state index in [0.29, 0.717) is 17.3 Å². The summed E-state index contributed by atoms with van der Waals surface area (Å²) in [5, 5.41) is 26.4. The van der Waals surface area contributed by atoms with Crippen LogP contribution >= 0.6 is 0 Å². The molecule has 0 aromatic carbocycles. The fraction of sp³-hybridized carbons (Fsp3) is 0.323. The number of pyridine rings is 1. The quantitative estimate of drug-likeness (QED) is 0.117. The molecule has 39 heteroatoms. The minimum Gasteiger partial charge on any atom is -0.456 e. The zero-order valence-corrected chi connectivity index (χ0v) is 87.2. The van der Waals surface area contributed by atoms with Crippen LogP contribution in [-0.4, -0.2) is 180 Å². The second-order valence-electron chi connectivity index (χ2n) is 20.8. The third kappa shape index (κ3) is 49.5. The van der Waals surface area contributed by atoms with E-state index in [0.717, 1.165) is 47.0 Å². The van der Waals surface area contributed by atoms with E-state index in [9.17, 15) is 0 Å². The molecule has 0 spiro atoms. The first kappa shape index (κ1) is 124. The van der Waals surface area contributed by atoms with Gasteiger partial charge in [-0.3, -0.25) is 27.0 Å². The van der Waals surface area contributed by atoms with Crippen LogP contribution in [0, 0.1) is 26.5 Å². The van der Waals surface area contributed by atoms with Gasteiger partial charge in [0.2, 0.25) is 11.6 Å². The van der Waals surface area contributed by atoms with E-state index >= 15 is 0 Å². The fourth-order valence-electron chi connectivity index (χ4n) is 8.93. The van der Waals surface area contributed by atoms with E-state index in [2.05, 4.69) is 163 Å².